The van der Waals surface area contributed by atoms with Gasteiger partial charge in [0.1, 0.15) is 0 Å². The molecule has 0 bridgehead atoms. The molecule has 0 N–H and O–H groups in total. The molecule has 0 aliphatic heterocycles. The third-order valence-corrected chi connectivity index (χ3v) is 3.94. The molecule has 0 radical (unpaired) electrons. The summed E-state index contributed by atoms with van der Waals surface area (Å²) in [4.78, 5) is 0. The molecule has 0 amide bonds. The Morgan fingerprint density at radius 3 is 1.25 bits per heavy atom. The highest BCUT2D eigenvalue weighted by atomic mass is 14.2. The number of hydrogen-bond donors (Lipinski definition) is 0. The topological polar surface area (TPSA) is 0 Å². The fourth-order valence-corrected chi connectivity index (χ4v) is 2.73. The quantitative estimate of drug-likeness (QED) is 0.679. The first-order chi connectivity index (χ1) is 7.54. The zero-order chi connectivity index (χ0) is 12.3. The number of rotatable bonds is 4. The SMILES string of the molecule is CCCc1c(C)c(C)c(C)c(CCC)c1C. The van der Waals surface area contributed by atoms with E-state index < -0.39 is 0 Å². The van der Waals surface area contributed by atoms with Gasteiger partial charge in [-0.15, -0.1) is 0 Å². The highest BCUT2D eigenvalue weighted by Gasteiger charge is 2.13. The molecule has 0 unspecified atom stereocenters. The minimum absolute atomic E-state index is 1.23. The van der Waals surface area contributed by atoms with Crippen LogP contribution in [0.5, 0.6) is 0 Å². The fourth-order valence-electron chi connectivity index (χ4n) is 2.73. The van der Waals surface area contributed by atoms with Crippen molar-refractivity contribution in [1.82, 2.24) is 0 Å². The highest BCUT2D eigenvalue weighted by Crippen LogP contribution is 2.28. The second-order valence-corrected chi connectivity index (χ2v) is 4.96. The van der Waals surface area contributed by atoms with E-state index in [4.69, 9.17) is 0 Å². The first kappa shape index (κ1) is 13.3. The molecule has 0 nitrogen and oxygen atoms in total. The first-order valence-corrected chi connectivity index (χ1v) is 6.62. The Morgan fingerprint density at radius 1 is 0.562 bits per heavy atom. The molecule has 16 heavy (non-hydrogen) atoms. The lowest BCUT2D eigenvalue weighted by atomic mass is 9.85. The van der Waals surface area contributed by atoms with E-state index in [0.29, 0.717) is 0 Å². The van der Waals surface area contributed by atoms with Crippen molar-refractivity contribution in [3.05, 3.63) is 33.4 Å². The molecular weight excluding hydrogens is 192 g/mol. The average molecular weight is 218 g/mol. The summed E-state index contributed by atoms with van der Waals surface area (Å²) in [5.74, 6) is 0. The van der Waals surface area contributed by atoms with Crippen LogP contribution in [-0.4, -0.2) is 0 Å². The molecular formula is C16H26. The van der Waals surface area contributed by atoms with Crippen molar-refractivity contribution in [1.29, 1.82) is 0 Å². The molecule has 0 saturated heterocycles. The Balaban J connectivity index is 3.39. The molecule has 1 rings (SSSR count). The van der Waals surface area contributed by atoms with Gasteiger partial charge in [0, 0.05) is 0 Å². The van der Waals surface area contributed by atoms with Gasteiger partial charge in [-0.25, -0.2) is 0 Å². The van der Waals surface area contributed by atoms with Crippen LogP contribution in [0.2, 0.25) is 0 Å². The minimum Gasteiger partial charge on any atom is -0.0651 e. The molecule has 90 valence electrons. The van der Waals surface area contributed by atoms with Crippen LogP contribution in [0.1, 0.15) is 60.1 Å². The maximum absolute atomic E-state index is 2.31. The Morgan fingerprint density at radius 2 is 0.938 bits per heavy atom. The predicted molar refractivity (Wildman–Crippen MR) is 73.4 cm³/mol. The van der Waals surface area contributed by atoms with Crippen LogP contribution >= 0.6 is 0 Å². The number of hydrogen-bond acceptors (Lipinski definition) is 0. The molecule has 0 saturated carbocycles. The first-order valence-electron chi connectivity index (χ1n) is 6.62. The van der Waals surface area contributed by atoms with Gasteiger partial charge in [-0.3, -0.25) is 0 Å². The van der Waals surface area contributed by atoms with Crippen LogP contribution in [0.15, 0.2) is 0 Å². The van der Waals surface area contributed by atoms with Gasteiger partial charge in [0.15, 0.2) is 0 Å². The second-order valence-electron chi connectivity index (χ2n) is 4.96. The van der Waals surface area contributed by atoms with Crippen LogP contribution in [0.25, 0.3) is 0 Å². The molecule has 0 aromatic heterocycles. The molecule has 1 aromatic carbocycles. The summed E-state index contributed by atoms with van der Waals surface area (Å²) >= 11 is 0. The lowest BCUT2D eigenvalue weighted by Crippen LogP contribution is -2.05. The van der Waals surface area contributed by atoms with E-state index in [1.54, 1.807) is 16.7 Å². The van der Waals surface area contributed by atoms with E-state index in [1.807, 2.05) is 0 Å². The van der Waals surface area contributed by atoms with Crippen molar-refractivity contribution < 1.29 is 0 Å². The summed E-state index contributed by atoms with van der Waals surface area (Å²) in [6.07, 6.45) is 4.95. The summed E-state index contributed by atoms with van der Waals surface area (Å²) in [5.41, 5.74) is 9.33. The molecule has 0 fully saturated rings. The van der Waals surface area contributed by atoms with Crippen molar-refractivity contribution >= 4 is 0 Å². The zero-order valence-corrected chi connectivity index (χ0v) is 11.8. The maximum atomic E-state index is 2.31. The van der Waals surface area contributed by atoms with Gasteiger partial charge in [0.25, 0.3) is 0 Å². The summed E-state index contributed by atoms with van der Waals surface area (Å²) in [7, 11) is 0. The minimum atomic E-state index is 1.23. The Bertz CT molecular complexity index is 339. The lowest BCUT2D eigenvalue weighted by molar-refractivity contribution is 0.860. The van der Waals surface area contributed by atoms with Crippen molar-refractivity contribution in [3.8, 4) is 0 Å². The van der Waals surface area contributed by atoms with Crippen molar-refractivity contribution in [3.63, 3.8) is 0 Å². The van der Waals surface area contributed by atoms with E-state index >= 15 is 0 Å². The van der Waals surface area contributed by atoms with Crippen LogP contribution in [0.3, 0.4) is 0 Å². The molecule has 1 aromatic rings. The molecule has 0 heterocycles. The van der Waals surface area contributed by atoms with Gasteiger partial charge in [-0.2, -0.15) is 0 Å². The van der Waals surface area contributed by atoms with Crippen molar-refractivity contribution in [2.75, 3.05) is 0 Å². The number of benzene rings is 1. The fraction of sp³-hybridized carbons (Fsp3) is 0.625. The molecule has 0 atom stereocenters. The molecule has 0 aliphatic carbocycles. The largest absolute Gasteiger partial charge is 0.0651 e. The van der Waals surface area contributed by atoms with Gasteiger partial charge < -0.3 is 0 Å². The zero-order valence-electron chi connectivity index (χ0n) is 11.8. The Hall–Kier alpha value is -0.780. The van der Waals surface area contributed by atoms with Crippen molar-refractivity contribution in [2.24, 2.45) is 0 Å². The third kappa shape index (κ3) is 2.31. The van der Waals surface area contributed by atoms with E-state index in [2.05, 4.69) is 41.5 Å². The van der Waals surface area contributed by atoms with Gasteiger partial charge >= 0.3 is 0 Å². The molecule has 0 aliphatic rings. The van der Waals surface area contributed by atoms with Crippen LogP contribution in [0, 0.1) is 27.7 Å². The standard InChI is InChI=1S/C16H26/c1-7-9-15-12(4)11(3)13(5)16(10-8-2)14(15)6/h7-10H2,1-6H3. The van der Waals surface area contributed by atoms with Crippen LogP contribution in [-0.2, 0) is 12.8 Å². The van der Waals surface area contributed by atoms with E-state index in [0.717, 1.165) is 0 Å². The van der Waals surface area contributed by atoms with Gasteiger partial charge in [-0.1, -0.05) is 26.7 Å². The van der Waals surface area contributed by atoms with Gasteiger partial charge in [-0.05, 0) is 73.9 Å². The monoisotopic (exact) mass is 218 g/mol. The van der Waals surface area contributed by atoms with Crippen LogP contribution < -0.4 is 0 Å². The van der Waals surface area contributed by atoms with E-state index in [9.17, 15) is 0 Å². The third-order valence-electron chi connectivity index (χ3n) is 3.94. The van der Waals surface area contributed by atoms with Crippen LogP contribution in [0.4, 0.5) is 0 Å². The average Bonchev–Trinajstić information content (AvgIpc) is 2.28. The van der Waals surface area contributed by atoms with E-state index in [-0.39, 0.29) is 0 Å². The smallest absolute Gasteiger partial charge is 0.0276 e. The summed E-state index contributed by atoms with van der Waals surface area (Å²) in [6.45, 7) is 13.7. The van der Waals surface area contributed by atoms with Crippen molar-refractivity contribution in [2.45, 2.75) is 67.2 Å². The van der Waals surface area contributed by atoms with Gasteiger partial charge in [0.2, 0.25) is 0 Å². The molecule has 0 heteroatoms. The van der Waals surface area contributed by atoms with E-state index in [1.165, 1.54) is 42.4 Å². The summed E-state index contributed by atoms with van der Waals surface area (Å²) < 4.78 is 0. The summed E-state index contributed by atoms with van der Waals surface area (Å²) in [6, 6.07) is 0. The predicted octanol–water partition coefficient (Wildman–Crippen LogP) is 4.83. The lowest BCUT2D eigenvalue weighted by Gasteiger charge is -2.20. The highest BCUT2D eigenvalue weighted by molar-refractivity contribution is 5.50. The second kappa shape index (κ2) is 5.52. The summed E-state index contributed by atoms with van der Waals surface area (Å²) in [5, 5.41) is 0. The Kier molecular flexibility index (Phi) is 4.58. The van der Waals surface area contributed by atoms with Gasteiger partial charge in [0.05, 0.1) is 0 Å². The normalized spacial score (nSPS) is 10.9. The Labute approximate surface area is 101 Å². The molecule has 0 spiro atoms. The maximum Gasteiger partial charge on any atom is -0.0276 e.